The molecule has 2 aromatic carbocycles. The molecule has 34 heavy (non-hydrogen) atoms. The highest BCUT2D eigenvalue weighted by atomic mass is 32.2. The average Bonchev–Trinajstić information content (AvgIpc) is 3.00. The Hall–Kier alpha value is -3.51. The van der Waals surface area contributed by atoms with Gasteiger partial charge in [-0.1, -0.05) is 87.2 Å². The molecular formula is C28H35N5S. The second kappa shape index (κ2) is 13.9. The van der Waals surface area contributed by atoms with E-state index in [2.05, 4.69) is 42.2 Å². The van der Waals surface area contributed by atoms with Crippen LogP contribution in [-0.2, 0) is 0 Å². The van der Waals surface area contributed by atoms with Gasteiger partial charge in [0.2, 0.25) is 0 Å². The zero-order chi connectivity index (χ0) is 24.9. The van der Waals surface area contributed by atoms with Crippen molar-refractivity contribution in [3.8, 4) is 0 Å². The molecule has 5 nitrogen and oxygen atoms in total. The minimum Gasteiger partial charge on any atom is -0.395 e. The SMILES string of the molecule is C=N/C(=C\C=C/C)CN/C(=C\CC)c1ccc2c(c1)N=C(c1ccccc1)C(N)=C(N)S2.CC. The maximum Gasteiger partial charge on any atom is 0.0965 e. The van der Waals surface area contributed by atoms with E-state index in [1.165, 1.54) is 11.8 Å². The van der Waals surface area contributed by atoms with Gasteiger partial charge in [0, 0.05) is 16.2 Å². The molecule has 6 heteroatoms. The van der Waals surface area contributed by atoms with Crippen LogP contribution in [0.1, 0.15) is 45.2 Å². The quantitative estimate of drug-likeness (QED) is 0.300. The van der Waals surface area contributed by atoms with Crippen LogP contribution >= 0.6 is 11.8 Å². The molecule has 3 rings (SSSR count). The van der Waals surface area contributed by atoms with E-state index in [9.17, 15) is 0 Å². The Bertz CT molecular complexity index is 1120. The second-order valence-corrected chi connectivity index (χ2v) is 8.19. The summed E-state index contributed by atoms with van der Waals surface area (Å²) in [5, 5.41) is 4.04. The van der Waals surface area contributed by atoms with Gasteiger partial charge in [0.05, 0.1) is 34.4 Å². The van der Waals surface area contributed by atoms with Crippen LogP contribution in [0.5, 0.6) is 0 Å². The van der Waals surface area contributed by atoms with E-state index in [0.29, 0.717) is 23.0 Å². The van der Waals surface area contributed by atoms with Crippen molar-refractivity contribution in [2.75, 3.05) is 6.54 Å². The van der Waals surface area contributed by atoms with Crippen molar-refractivity contribution in [1.29, 1.82) is 0 Å². The molecule has 1 heterocycles. The summed E-state index contributed by atoms with van der Waals surface area (Å²) in [4.78, 5) is 10.0. The van der Waals surface area contributed by atoms with Gasteiger partial charge < -0.3 is 16.8 Å². The van der Waals surface area contributed by atoms with Gasteiger partial charge in [0.1, 0.15) is 0 Å². The van der Waals surface area contributed by atoms with Crippen LogP contribution in [0.25, 0.3) is 5.70 Å². The first kappa shape index (κ1) is 26.7. The Morgan fingerprint density at radius 1 is 1.15 bits per heavy atom. The van der Waals surface area contributed by atoms with Gasteiger partial charge in [0.15, 0.2) is 0 Å². The van der Waals surface area contributed by atoms with Gasteiger partial charge in [-0.15, -0.1) is 0 Å². The van der Waals surface area contributed by atoms with Crippen LogP contribution < -0.4 is 16.8 Å². The summed E-state index contributed by atoms with van der Waals surface area (Å²) in [6.07, 6.45) is 8.92. The highest BCUT2D eigenvalue weighted by Gasteiger charge is 2.19. The summed E-state index contributed by atoms with van der Waals surface area (Å²) in [7, 11) is 0. The van der Waals surface area contributed by atoms with Crippen molar-refractivity contribution in [3.05, 3.63) is 100 Å². The molecule has 0 unspecified atom stereocenters. The number of nitrogens with two attached hydrogens (primary N) is 2. The number of allylic oxidation sites excluding steroid dienone is 5. The number of hydrogen-bond donors (Lipinski definition) is 3. The van der Waals surface area contributed by atoms with Crippen molar-refractivity contribution < 1.29 is 0 Å². The first-order valence-corrected chi connectivity index (χ1v) is 12.3. The van der Waals surface area contributed by atoms with Gasteiger partial charge in [-0.05, 0) is 43.8 Å². The van der Waals surface area contributed by atoms with Crippen LogP contribution in [0, 0.1) is 0 Å². The monoisotopic (exact) mass is 473 g/mol. The van der Waals surface area contributed by atoms with Crippen molar-refractivity contribution in [3.63, 3.8) is 0 Å². The summed E-state index contributed by atoms with van der Waals surface area (Å²) in [5.41, 5.74) is 18.5. The van der Waals surface area contributed by atoms with Gasteiger partial charge in [-0.2, -0.15) is 0 Å². The highest BCUT2D eigenvalue weighted by Crippen LogP contribution is 2.38. The molecule has 0 aliphatic carbocycles. The zero-order valence-electron chi connectivity index (χ0n) is 20.5. The summed E-state index contributed by atoms with van der Waals surface area (Å²) >= 11 is 1.44. The molecule has 1 aliphatic rings. The topological polar surface area (TPSA) is 88.8 Å². The molecule has 0 bridgehead atoms. The third-order valence-electron chi connectivity index (χ3n) is 4.84. The Morgan fingerprint density at radius 2 is 1.88 bits per heavy atom. The lowest BCUT2D eigenvalue weighted by molar-refractivity contribution is 0.938. The Balaban J connectivity index is 0.00000199. The molecule has 0 saturated heterocycles. The summed E-state index contributed by atoms with van der Waals surface area (Å²) in [6, 6.07) is 16.1. The lowest BCUT2D eigenvalue weighted by atomic mass is 10.1. The zero-order valence-corrected chi connectivity index (χ0v) is 21.3. The number of benzene rings is 2. The number of nitrogens with one attached hydrogen (secondary N) is 1. The Kier molecular flexibility index (Phi) is 10.9. The number of fused-ring (bicyclic) bond motifs is 1. The third-order valence-corrected chi connectivity index (χ3v) is 5.85. The van der Waals surface area contributed by atoms with E-state index >= 15 is 0 Å². The second-order valence-electron chi connectivity index (χ2n) is 7.11. The molecule has 178 valence electrons. The van der Waals surface area contributed by atoms with E-state index in [4.69, 9.17) is 16.5 Å². The molecule has 0 amide bonds. The molecule has 5 N–H and O–H groups in total. The third kappa shape index (κ3) is 6.99. The minimum atomic E-state index is 0.497. The van der Waals surface area contributed by atoms with Crippen LogP contribution in [0.15, 0.2) is 104 Å². The molecular weight excluding hydrogens is 438 g/mol. The molecule has 0 fully saturated rings. The number of thioether (sulfide) groups is 1. The first-order valence-electron chi connectivity index (χ1n) is 11.5. The highest BCUT2D eigenvalue weighted by molar-refractivity contribution is 8.03. The summed E-state index contributed by atoms with van der Waals surface area (Å²) in [6.45, 7) is 12.3. The molecule has 0 spiro atoms. The molecule has 0 atom stereocenters. The van der Waals surface area contributed by atoms with E-state index in [-0.39, 0.29) is 0 Å². The van der Waals surface area contributed by atoms with Gasteiger partial charge in [-0.3, -0.25) is 4.99 Å². The molecule has 0 aromatic heterocycles. The largest absolute Gasteiger partial charge is 0.395 e. The Morgan fingerprint density at radius 3 is 2.53 bits per heavy atom. The number of hydrogen-bond acceptors (Lipinski definition) is 6. The van der Waals surface area contributed by atoms with Crippen LogP contribution in [0.3, 0.4) is 0 Å². The van der Waals surface area contributed by atoms with Crippen molar-refractivity contribution >= 4 is 35.6 Å². The average molecular weight is 474 g/mol. The standard InChI is InChI=1S/C26H29N5S.C2H6/c1-4-6-13-20(29-3)17-30-21(10-5-2)19-14-15-23-22(16-19)31-25(24(27)26(28)32-23)18-11-8-7-9-12-18;1-2/h4,6-16,30H,3,5,17,27-28H2,1-2H3;1-2H3/b6-4-,20-13-,21-10-;. The fourth-order valence-electron chi connectivity index (χ4n) is 3.20. The van der Waals surface area contributed by atoms with E-state index in [1.807, 2.05) is 75.4 Å². The maximum absolute atomic E-state index is 6.37. The summed E-state index contributed by atoms with van der Waals surface area (Å²) < 4.78 is 0. The number of nitrogens with zero attached hydrogens (tertiary/aromatic N) is 2. The minimum absolute atomic E-state index is 0.497. The number of rotatable bonds is 8. The summed E-state index contributed by atoms with van der Waals surface area (Å²) in [5.74, 6) is 0. The first-order chi connectivity index (χ1) is 16.6. The van der Waals surface area contributed by atoms with Crippen molar-refractivity contribution in [2.45, 2.75) is 39.0 Å². The number of aliphatic imine (C=N–C) groups is 2. The molecule has 0 radical (unpaired) electrons. The normalized spacial score (nSPS) is 14.1. The molecule has 2 aromatic rings. The van der Waals surface area contributed by atoms with Crippen LogP contribution in [0.2, 0.25) is 0 Å². The predicted octanol–water partition coefficient (Wildman–Crippen LogP) is 6.53. The fraction of sp³-hybridized carbons (Fsp3) is 0.214. The van der Waals surface area contributed by atoms with Crippen molar-refractivity contribution in [1.82, 2.24) is 5.32 Å². The van der Waals surface area contributed by atoms with Gasteiger partial charge in [0.25, 0.3) is 0 Å². The van der Waals surface area contributed by atoms with E-state index in [1.54, 1.807) is 0 Å². The predicted molar refractivity (Wildman–Crippen MR) is 150 cm³/mol. The Labute approximate surface area is 208 Å². The molecule has 1 aliphatic heterocycles. The maximum atomic E-state index is 6.37. The van der Waals surface area contributed by atoms with Crippen LogP contribution in [0.4, 0.5) is 5.69 Å². The van der Waals surface area contributed by atoms with Gasteiger partial charge >= 0.3 is 0 Å². The smallest absolute Gasteiger partial charge is 0.0965 e. The fourth-order valence-corrected chi connectivity index (χ4v) is 3.99. The van der Waals surface area contributed by atoms with E-state index in [0.717, 1.165) is 39.5 Å². The van der Waals surface area contributed by atoms with Crippen LogP contribution in [-0.4, -0.2) is 19.0 Å². The van der Waals surface area contributed by atoms with Crippen molar-refractivity contribution in [2.24, 2.45) is 21.5 Å². The molecule has 0 saturated carbocycles. The van der Waals surface area contributed by atoms with Gasteiger partial charge in [-0.25, -0.2) is 4.99 Å². The lowest BCUT2D eigenvalue weighted by Crippen LogP contribution is -2.17. The van der Waals surface area contributed by atoms with E-state index < -0.39 is 0 Å². The lowest BCUT2D eigenvalue weighted by Gasteiger charge is -2.14.